The highest BCUT2D eigenvalue weighted by atomic mass is 16.5. The number of hydrogen-bond acceptors (Lipinski definition) is 2. The van der Waals surface area contributed by atoms with Gasteiger partial charge in [-0.1, -0.05) is 54.6 Å². The van der Waals surface area contributed by atoms with Crippen molar-refractivity contribution < 1.29 is 4.74 Å². The van der Waals surface area contributed by atoms with Crippen molar-refractivity contribution in [1.29, 1.82) is 0 Å². The zero-order chi connectivity index (χ0) is 16.4. The van der Waals surface area contributed by atoms with E-state index in [0.717, 1.165) is 32.8 Å². The Kier molecular flexibility index (Phi) is 4.33. The van der Waals surface area contributed by atoms with Gasteiger partial charge in [-0.2, -0.15) is 0 Å². The first-order valence-corrected chi connectivity index (χ1v) is 8.69. The Hall–Kier alpha value is -2.16. The van der Waals surface area contributed by atoms with E-state index in [4.69, 9.17) is 4.74 Å². The van der Waals surface area contributed by atoms with E-state index in [-0.39, 0.29) is 0 Å². The lowest BCUT2D eigenvalue weighted by Gasteiger charge is -2.28. The van der Waals surface area contributed by atoms with E-state index in [0.29, 0.717) is 0 Å². The topological polar surface area (TPSA) is 12.5 Å². The first-order chi connectivity index (χ1) is 11.8. The molecule has 0 amide bonds. The van der Waals surface area contributed by atoms with E-state index in [1.54, 1.807) is 0 Å². The Morgan fingerprint density at radius 2 is 1.62 bits per heavy atom. The summed E-state index contributed by atoms with van der Waals surface area (Å²) in [7, 11) is 0. The fourth-order valence-corrected chi connectivity index (χ4v) is 3.65. The van der Waals surface area contributed by atoms with Crippen LogP contribution in [0.1, 0.15) is 11.1 Å². The van der Waals surface area contributed by atoms with Crippen molar-refractivity contribution in [1.82, 2.24) is 4.90 Å². The van der Waals surface area contributed by atoms with E-state index in [9.17, 15) is 0 Å². The quantitative estimate of drug-likeness (QED) is 0.697. The van der Waals surface area contributed by atoms with Crippen LogP contribution in [-0.2, 0) is 11.3 Å². The van der Waals surface area contributed by atoms with Crippen LogP contribution >= 0.6 is 0 Å². The molecular formula is C22H23NO. The molecule has 0 atom stereocenters. The maximum atomic E-state index is 5.49. The average Bonchev–Trinajstić information content (AvgIpc) is 2.64. The third kappa shape index (κ3) is 2.95. The molecule has 24 heavy (non-hydrogen) atoms. The lowest BCUT2D eigenvalue weighted by Crippen LogP contribution is -2.35. The molecule has 1 aliphatic rings. The third-order valence-electron chi connectivity index (χ3n) is 4.98. The number of fused-ring (bicyclic) bond motifs is 1. The minimum absolute atomic E-state index is 0.845. The molecule has 0 bridgehead atoms. The summed E-state index contributed by atoms with van der Waals surface area (Å²) in [5.41, 5.74) is 5.49. The van der Waals surface area contributed by atoms with Gasteiger partial charge in [-0.05, 0) is 46.0 Å². The van der Waals surface area contributed by atoms with Crippen LogP contribution in [0.15, 0.2) is 60.7 Å². The molecule has 0 radical (unpaired) electrons. The summed E-state index contributed by atoms with van der Waals surface area (Å²) in [6.07, 6.45) is 0. The lowest BCUT2D eigenvalue weighted by atomic mass is 9.90. The van der Waals surface area contributed by atoms with Crippen molar-refractivity contribution in [2.45, 2.75) is 13.5 Å². The standard InChI is InChI=1S/C22H23NO/c1-17-20(16-23-11-13-24-14-12-23)15-19-9-5-6-10-21(19)22(17)18-7-3-2-4-8-18/h2-10,15H,11-14,16H2,1H3. The average molecular weight is 317 g/mol. The SMILES string of the molecule is Cc1c(CN2CCOCC2)cc2ccccc2c1-c1ccccc1. The van der Waals surface area contributed by atoms with Crippen LogP contribution in [0.3, 0.4) is 0 Å². The van der Waals surface area contributed by atoms with Crippen LogP contribution in [0.25, 0.3) is 21.9 Å². The van der Waals surface area contributed by atoms with Crippen molar-refractivity contribution in [3.05, 3.63) is 71.8 Å². The molecule has 1 aliphatic heterocycles. The molecule has 122 valence electrons. The molecule has 1 heterocycles. The van der Waals surface area contributed by atoms with E-state index in [1.807, 2.05) is 0 Å². The van der Waals surface area contributed by atoms with Crippen LogP contribution in [0.4, 0.5) is 0 Å². The Bertz CT molecular complexity index is 835. The van der Waals surface area contributed by atoms with Crippen molar-refractivity contribution in [3.8, 4) is 11.1 Å². The molecule has 3 aromatic carbocycles. The molecule has 0 saturated carbocycles. The molecule has 2 nitrogen and oxygen atoms in total. The highest BCUT2D eigenvalue weighted by Gasteiger charge is 2.16. The second-order valence-corrected chi connectivity index (χ2v) is 6.51. The van der Waals surface area contributed by atoms with E-state index >= 15 is 0 Å². The van der Waals surface area contributed by atoms with Gasteiger partial charge in [0, 0.05) is 19.6 Å². The molecule has 0 spiro atoms. The van der Waals surface area contributed by atoms with Crippen LogP contribution in [0, 0.1) is 6.92 Å². The molecule has 0 unspecified atom stereocenters. The highest BCUT2D eigenvalue weighted by molar-refractivity contribution is 5.99. The van der Waals surface area contributed by atoms with Gasteiger partial charge in [0.05, 0.1) is 13.2 Å². The second-order valence-electron chi connectivity index (χ2n) is 6.51. The smallest absolute Gasteiger partial charge is 0.0594 e. The number of nitrogens with zero attached hydrogens (tertiary/aromatic N) is 1. The summed E-state index contributed by atoms with van der Waals surface area (Å²) >= 11 is 0. The van der Waals surface area contributed by atoms with E-state index in [2.05, 4.69) is 72.5 Å². The fourth-order valence-electron chi connectivity index (χ4n) is 3.65. The third-order valence-corrected chi connectivity index (χ3v) is 4.98. The number of benzene rings is 3. The van der Waals surface area contributed by atoms with Crippen molar-refractivity contribution in [2.75, 3.05) is 26.3 Å². The van der Waals surface area contributed by atoms with Gasteiger partial charge in [0.25, 0.3) is 0 Å². The van der Waals surface area contributed by atoms with Gasteiger partial charge in [-0.25, -0.2) is 0 Å². The van der Waals surface area contributed by atoms with Crippen LogP contribution in [0.2, 0.25) is 0 Å². The molecule has 1 saturated heterocycles. The predicted octanol–water partition coefficient (Wildman–Crippen LogP) is 4.65. The zero-order valence-corrected chi connectivity index (χ0v) is 14.2. The van der Waals surface area contributed by atoms with Gasteiger partial charge in [0.2, 0.25) is 0 Å². The zero-order valence-electron chi connectivity index (χ0n) is 14.2. The molecule has 0 N–H and O–H groups in total. The first kappa shape index (κ1) is 15.4. The number of morpholine rings is 1. The minimum atomic E-state index is 0.845. The summed E-state index contributed by atoms with van der Waals surface area (Å²) in [4.78, 5) is 2.50. The molecular weight excluding hydrogens is 294 g/mol. The number of rotatable bonds is 3. The molecule has 2 heteroatoms. The second kappa shape index (κ2) is 6.76. The fraction of sp³-hybridized carbons (Fsp3) is 0.273. The van der Waals surface area contributed by atoms with Gasteiger partial charge in [0.1, 0.15) is 0 Å². The van der Waals surface area contributed by atoms with Crippen LogP contribution in [0.5, 0.6) is 0 Å². The number of hydrogen-bond donors (Lipinski definition) is 0. The Morgan fingerprint density at radius 3 is 2.42 bits per heavy atom. The van der Waals surface area contributed by atoms with Crippen molar-refractivity contribution in [2.24, 2.45) is 0 Å². The predicted molar refractivity (Wildman–Crippen MR) is 100 cm³/mol. The van der Waals surface area contributed by atoms with Crippen molar-refractivity contribution in [3.63, 3.8) is 0 Å². The highest BCUT2D eigenvalue weighted by Crippen LogP contribution is 2.34. The van der Waals surface area contributed by atoms with Crippen LogP contribution in [-0.4, -0.2) is 31.2 Å². The Labute approximate surface area is 143 Å². The summed E-state index contributed by atoms with van der Waals surface area (Å²) in [6.45, 7) is 7.00. The van der Waals surface area contributed by atoms with Crippen molar-refractivity contribution >= 4 is 10.8 Å². The Balaban J connectivity index is 1.84. The summed E-state index contributed by atoms with van der Waals surface area (Å²) in [5, 5.41) is 2.66. The van der Waals surface area contributed by atoms with E-state index < -0.39 is 0 Å². The normalized spacial score (nSPS) is 15.7. The molecule has 4 rings (SSSR count). The summed E-state index contributed by atoms with van der Waals surface area (Å²) in [5.74, 6) is 0. The monoisotopic (exact) mass is 317 g/mol. The maximum Gasteiger partial charge on any atom is 0.0594 e. The molecule has 0 aliphatic carbocycles. The van der Waals surface area contributed by atoms with Gasteiger partial charge in [0.15, 0.2) is 0 Å². The summed E-state index contributed by atoms with van der Waals surface area (Å²) in [6, 6.07) is 21.9. The summed E-state index contributed by atoms with van der Waals surface area (Å²) < 4.78 is 5.49. The molecule has 1 fully saturated rings. The van der Waals surface area contributed by atoms with Gasteiger partial charge in [-0.3, -0.25) is 4.90 Å². The van der Waals surface area contributed by atoms with Gasteiger partial charge < -0.3 is 4.74 Å². The molecule has 3 aromatic rings. The Morgan fingerprint density at radius 1 is 0.917 bits per heavy atom. The van der Waals surface area contributed by atoms with Gasteiger partial charge >= 0.3 is 0 Å². The minimum Gasteiger partial charge on any atom is -0.379 e. The first-order valence-electron chi connectivity index (χ1n) is 8.69. The largest absolute Gasteiger partial charge is 0.379 e. The molecule has 0 aromatic heterocycles. The van der Waals surface area contributed by atoms with Gasteiger partial charge in [-0.15, -0.1) is 0 Å². The number of ether oxygens (including phenoxy) is 1. The maximum absolute atomic E-state index is 5.49. The van der Waals surface area contributed by atoms with E-state index in [1.165, 1.54) is 33.0 Å². The van der Waals surface area contributed by atoms with Crippen LogP contribution < -0.4 is 0 Å². The lowest BCUT2D eigenvalue weighted by molar-refractivity contribution is 0.0341.